The third kappa shape index (κ3) is 2.61. The van der Waals surface area contributed by atoms with Crippen LogP contribution in [-0.2, 0) is 6.54 Å². The first-order valence-electron chi connectivity index (χ1n) is 5.83. The van der Waals surface area contributed by atoms with Gasteiger partial charge in [-0.1, -0.05) is 29.8 Å². The lowest BCUT2D eigenvalue weighted by molar-refractivity contribution is 0.0965. The Morgan fingerprint density at radius 2 is 2.10 bits per heavy atom. The maximum atomic E-state index is 11.9. The summed E-state index contributed by atoms with van der Waals surface area (Å²) in [5, 5.41) is 14.4. The van der Waals surface area contributed by atoms with Gasteiger partial charge < -0.3 is 0 Å². The van der Waals surface area contributed by atoms with Crippen molar-refractivity contribution in [2.45, 2.75) is 6.54 Å². The summed E-state index contributed by atoms with van der Waals surface area (Å²) in [6.07, 6.45) is 0. The van der Waals surface area contributed by atoms with Gasteiger partial charge in [-0.15, -0.1) is 21.5 Å². The predicted molar refractivity (Wildman–Crippen MR) is 76.9 cm³/mol. The number of tetrazole rings is 1. The quantitative estimate of drug-likeness (QED) is 0.695. The van der Waals surface area contributed by atoms with Gasteiger partial charge >= 0.3 is 0 Å². The van der Waals surface area contributed by atoms with Crippen LogP contribution < -0.4 is 0 Å². The number of Topliss-reactive ketones (excluding diaryl/α,β-unsaturated/α-hetero) is 1. The second-order valence-corrected chi connectivity index (χ2v) is 5.38. The molecule has 0 atom stereocenters. The third-order valence-electron chi connectivity index (χ3n) is 2.65. The zero-order valence-electron chi connectivity index (χ0n) is 10.2. The normalized spacial score (nSPS) is 10.7. The summed E-state index contributed by atoms with van der Waals surface area (Å²) in [5.41, 5.74) is 0.698. The number of thiophene rings is 1. The monoisotopic (exact) mass is 304 g/mol. The Labute approximate surface area is 123 Å². The molecule has 0 saturated carbocycles. The van der Waals surface area contributed by atoms with Crippen molar-refractivity contribution >= 4 is 28.7 Å². The van der Waals surface area contributed by atoms with E-state index in [-0.39, 0.29) is 12.3 Å². The molecule has 0 spiro atoms. The van der Waals surface area contributed by atoms with E-state index < -0.39 is 0 Å². The van der Waals surface area contributed by atoms with Gasteiger partial charge in [0.2, 0.25) is 5.82 Å². The van der Waals surface area contributed by atoms with Crippen molar-refractivity contribution < 1.29 is 4.79 Å². The van der Waals surface area contributed by atoms with Gasteiger partial charge in [0.25, 0.3) is 0 Å². The number of benzene rings is 1. The number of ketones is 1. The van der Waals surface area contributed by atoms with Crippen LogP contribution in [0.4, 0.5) is 0 Å². The van der Waals surface area contributed by atoms with Crippen LogP contribution in [0.25, 0.3) is 11.4 Å². The van der Waals surface area contributed by atoms with Crippen molar-refractivity contribution in [2.75, 3.05) is 0 Å². The van der Waals surface area contributed by atoms with Crippen LogP contribution in [0.5, 0.6) is 0 Å². The van der Waals surface area contributed by atoms with Gasteiger partial charge in [0.15, 0.2) is 5.78 Å². The summed E-state index contributed by atoms with van der Waals surface area (Å²) >= 11 is 7.47. The van der Waals surface area contributed by atoms with E-state index in [2.05, 4.69) is 15.4 Å². The van der Waals surface area contributed by atoms with Gasteiger partial charge in [0, 0.05) is 5.56 Å². The van der Waals surface area contributed by atoms with Crippen molar-refractivity contribution in [3.8, 4) is 11.4 Å². The van der Waals surface area contributed by atoms with Crippen molar-refractivity contribution in [1.29, 1.82) is 0 Å². The van der Waals surface area contributed by atoms with E-state index in [0.717, 1.165) is 0 Å². The third-order valence-corrected chi connectivity index (χ3v) is 3.89. The fourth-order valence-corrected chi connectivity index (χ4v) is 2.58. The molecule has 0 radical (unpaired) electrons. The van der Waals surface area contributed by atoms with Gasteiger partial charge in [-0.05, 0) is 28.8 Å². The zero-order valence-corrected chi connectivity index (χ0v) is 11.8. The number of halogens is 1. The average Bonchev–Trinajstić information content (AvgIpc) is 3.10. The fourth-order valence-electron chi connectivity index (χ4n) is 1.70. The van der Waals surface area contributed by atoms with Crippen LogP contribution >= 0.6 is 22.9 Å². The number of carbonyl (C=O) groups excluding carboxylic acids is 1. The van der Waals surface area contributed by atoms with E-state index >= 15 is 0 Å². The van der Waals surface area contributed by atoms with Crippen LogP contribution in [0, 0.1) is 0 Å². The lowest BCUT2D eigenvalue weighted by Crippen LogP contribution is -2.12. The van der Waals surface area contributed by atoms with Crippen LogP contribution in [-0.4, -0.2) is 26.0 Å². The molecule has 0 aliphatic heterocycles. The molecule has 0 aliphatic carbocycles. The highest BCUT2D eigenvalue weighted by Gasteiger charge is 2.13. The largest absolute Gasteiger partial charge is 0.291 e. The molecule has 3 aromatic rings. The first-order chi connectivity index (χ1) is 9.74. The van der Waals surface area contributed by atoms with E-state index in [1.54, 1.807) is 12.1 Å². The first kappa shape index (κ1) is 13.0. The van der Waals surface area contributed by atoms with Crippen molar-refractivity contribution in [3.05, 3.63) is 51.7 Å². The number of hydrogen-bond acceptors (Lipinski definition) is 5. The lowest BCUT2D eigenvalue weighted by atomic mass is 10.2. The molecule has 3 rings (SSSR count). The Kier molecular flexibility index (Phi) is 3.58. The van der Waals surface area contributed by atoms with E-state index in [4.69, 9.17) is 11.6 Å². The predicted octanol–water partition coefficient (Wildman–Crippen LogP) is 2.94. The van der Waals surface area contributed by atoms with Gasteiger partial charge in [-0.3, -0.25) is 4.79 Å². The van der Waals surface area contributed by atoms with Crippen molar-refractivity contribution in [2.24, 2.45) is 0 Å². The maximum absolute atomic E-state index is 11.9. The highest BCUT2D eigenvalue weighted by atomic mass is 35.5. The van der Waals surface area contributed by atoms with E-state index in [0.29, 0.717) is 21.3 Å². The Balaban J connectivity index is 1.81. The van der Waals surface area contributed by atoms with Gasteiger partial charge in [-0.2, -0.15) is 4.80 Å². The van der Waals surface area contributed by atoms with E-state index in [1.807, 2.05) is 29.6 Å². The summed E-state index contributed by atoms with van der Waals surface area (Å²) in [6.45, 7) is 0.0674. The highest BCUT2D eigenvalue weighted by molar-refractivity contribution is 7.12. The summed E-state index contributed by atoms with van der Waals surface area (Å²) < 4.78 is 0. The number of nitrogens with zero attached hydrogens (tertiary/aromatic N) is 4. The minimum Gasteiger partial charge on any atom is -0.291 e. The van der Waals surface area contributed by atoms with Crippen LogP contribution in [0.3, 0.4) is 0 Å². The molecule has 0 N–H and O–H groups in total. The highest BCUT2D eigenvalue weighted by Crippen LogP contribution is 2.23. The standard InChI is InChI=1S/C13H9ClN4OS/c14-10-5-2-1-4-9(10)13-15-17-18(16-13)8-11(19)12-6-3-7-20-12/h1-7H,8H2. The Hall–Kier alpha value is -2.05. The first-order valence-corrected chi connectivity index (χ1v) is 7.09. The molecule has 7 heteroatoms. The van der Waals surface area contributed by atoms with Gasteiger partial charge in [0.05, 0.1) is 9.90 Å². The molecule has 0 bridgehead atoms. The second-order valence-electron chi connectivity index (χ2n) is 4.02. The van der Waals surface area contributed by atoms with E-state index in [1.165, 1.54) is 16.1 Å². The average molecular weight is 305 g/mol. The summed E-state index contributed by atoms with van der Waals surface area (Å²) in [4.78, 5) is 13.9. The topological polar surface area (TPSA) is 60.7 Å². The molecular formula is C13H9ClN4OS. The van der Waals surface area contributed by atoms with Crippen LogP contribution in [0.1, 0.15) is 9.67 Å². The molecular weight excluding hydrogens is 296 g/mol. The zero-order chi connectivity index (χ0) is 13.9. The minimum atomic E-state index is -0.0388. The van der Waals surface area contributed by atoms with Gasteiger partial charge in [0.1, 0.15) is 6.54 Å². The van der Waals surface area contributed by atoms with Crippen molar-refractivity contribution in [1.82, 2.24) is 20.2 Å². The molecule has 2 heterocycles. The fraction of sp³-hybridized carbons (Fsp3) is 0.0769. The molecule has 5 nitrogen and oxygen atoms in total. The molecule has 0 saturated heterocycles. The second kappa shape index (κ2) is 5.52. The molecule has 0 fully saturated rings. The molecule has 2 aromatic heterocycles. The number of aromatic nitrogens is 4. The lowest BCUT2D eigenvalue weighted by Gasteiger charge is -1.97. The summed E-state index contributed by atoms with van der Waals surface area (Å²) in [6, 6.07) is 10.9. The van der Waals surface area contributed by atoms with Crippen LogP contribution in [0.2, 0.25) is 5.02 Å². The molecule has 100 valence electrons. The number of hydrogen-bond donors (Lipinski definition) is 0. The van der Waals surface area contributed by atoms with Crippen molar-refractivity contribution in [3.63, 3.8) is 0 Å². The summed E-state index contributed by atoms with van der Waals surface area (Å²) in [5.74, 6) is 0.373. The Morgan fingerprint density at radius 3 is 2.85 bits per heavy atom. The number of rotatable bonds is 4. The smallest absolute Gasteiger partial charge is 0.206 e. The molecule has 0 unspecified atom stereocenters. The molecule has 0 aliphatic rings. The number of carbonyl (C=O) groups is 1. The Morgan fingerprint density at radius 1 is 1.25 bits per heavy atom. The SMILES string of the molecule is O=C(Cn1nnc(-c2ccccc2Cl)n1)c1cccs1. The maximum Gasteiger partial charge on any atom is 0.206 e. The van der Waals surface area contributed by atoms with Gasteiger partial charge in [-0.25, -0.2) is 0 Å². The Bertz CT molecular complexity index is 738. The van der Waals surface area contributed by atoms with E-state index in [9.17, 15) is 4.79 Å². The molecule has 0 amide bonds. The molecule has 1 aromatic carbocycles. The minimum absolute atomic E-state index is 0.0388. The van der Waals surface area contributed by atoms with Crippen LogP contribution in [0.15, 0.2) is 41.8 Å². The molecule has 20 heavy (non-hydrogen) atoms. The summed E-state index contributed by atoms with van der Waals surface area (Å²) in [7, 11) is 0.